The number of carbonyl (C=O) groups excluding carboxylic acids is 1. The number of alkyl halides is 1. The Bertz CT molecular complexity index is 624. The van der Waals surface area contributed by atoms with E-state index >= 15 is 0 Å². The molecular weight excluding hydrogens is 361 g/mol. The molecule has 1 aliphatic heterocycles. The average molecular weight is 388 g/mol. The molecule has 1 aliphatic rings. The summed E-state index contributed by atoms with van der Waals surface area (Å²) in [5.41, 5.74) is 0.473. The van der Waals surface area contributed by atoms with E-state index in [1.54, 1.807) is 6.07 Å². The van der Waals surface area contributed by atoms with Gasteiger partial charge in [-0.25, -0.2) is 9.18 Å². The van der Waals surface area contributed by atoms with E-state index in [-0.39, 0.29) is 18.5 Å². The van der Waals surface area contributed by atoms with E-state index in [2.05, 4.69) is 10.6 Å². The van der Waals surface area contributed by atoms with Gasteiger partial charge in [-0.3, -0.25) is 0 Å². The quantitative estimate of drug-likeness (QED) is 0.654. The molecule has 146 valence electrons. The minimum Gasteiger partial charge on any atom is -0.444 e. The van der Waals surface area contributed by atoms with Gasteiger partial charge in [-0.2, -0.15) is 0 Å². The third-order valence-corrected chi connectivity index (χ3v) is 4.29. The number of nitrogens with one attached hydrogen (secondary N) is 2. The summed E-state index contributed by atoms with van der Waals surface area (Å²) < 4.78 is 19.5. The zero-order valence-corrected chi connectivity index (χ0v) is 16.1. The summed E-state index contributed by atoms with van der Waals surface area (Å²) in [6, 6.07) is 4.75. The highest BCUT2D eigenvalue weighted by molar-refractivity contribution is 6.18. The van der Waals surface area contributed by atoms with Crippen LogP contribution in [0.25, 0.3) is 0 Å². The Labute approximate surface area is 158 Å². The Morgan fingerprint density at radius 1 is 1.50 bits per heavy atom. The summed E-state index contributed by atoms with van der Waals surface area (Å²) in [5, 5.41) is 15.4. The highest BCUT2D eigenvalue weighted by atomic mass is 35.5. The average Bonchev–Trinajstić information content (AvgIpc) is 2.99. The molecule has 0 saturated carbocycles. The number of para-hydroxylation sites is 1. The predicted molar refractivity (Wildman–Crippen MR) is 102 cm³/mol. The van der Waals surface area contributed by atoms with E-state index in [9.17, 15) is 14.3 Å². The summed E-state index contributed by atoms with van der Waals surface area (Å²) >= 11 is 5.59. The molecule has 1 amide bonds. The number of ether oxygens (including phenoxy) is 1. The van der Waals surface area contributed by atoms with Crippen LogP contribution in [-0.4, -0.2) is 54.5 Å². The topological polar surface area (TPSA) is 73.8 Å². The van der Waals surface area contributed by atoms with Gasteiger partial charge in [0.1, 0.15) is 11.4 Å². The van der Waals surface area contributed by atoms with E-state index < -0.39 is 23.6 Å². The molecule has 1 fully saturated rings. The van der Waals surface area contributed by atoms with Crippen molar-refractivity contribution in [1.82, 2.24) is 5.32 Å². The van der Waals surface area contributed by atoms with Gasteiger partial charge in [0.2, 0.25) is 0 Å². The first-order valence-electron chi connectivity index (χ1n) is 8.70. The lowest BCUT2D eigenvalue weighted by atomic mass is 10.2. The maximum atomic E-state index is 14.3. The maximum Gasteiger partial charge on any atom is 0.407 e. The van der Waals surface area contributed by atoms with E-state index in [1.165, 1.54) is 6.07 Å². The number of aliphatic hydroxyl groups is 1. The molecule has 1 aromatic rings. The maximum absolute atomic E-state index is 14.3. The van der Waals surface area contributed by atoms with Gasteiger partial charge < -0.3 is 25.4 Å². The van der Waals surface area contributed by atoms with E-state index in [0.29, 0.717) is 24.5 Å². The number of halogens is 2. The van der Waals surface area contributed by atoms with E-state index in [1.807, 2.05) is 31.7 Å². The molecule has 2 unspecified atom stereocenters. The van der Waals surface area contributed by atoms with Crippen molar-refractivity contribution < 1.29 is 19.0 Å². The summed E-state index contributed by atoms with van der Waals surface area (Å²) in [6.07, 6.45) is -0.476. The molecule has 0 spiro atoms. The van der Waals surface area contributed by atoms with E-state index in [0.717, 1.165) is 6.42 Å². The van der Waals surface area contributed by atoms with Gasteiger partial charge in [0, 0.05) is 19.6 Å². The smallest absolute Gasteiger partial charge is 0.407 e. The van der Waals surface area contributed by atoms with Crippen LogP contribution >= 0.6 is 11.6 Å². The van der Waals surface area contributed by atoms with Crippen molar-refractivity contribution in [2.24, 2.45) is 0 Å². The molecule has 1 saturated heterocycles. The summed E-state index contributed by atoms with van der Waals surface area (Å²) in [7, 11) is 0. The highest BCUT2D eigenvalue weighted by Gasteiger charge is 2.28. The second-order valence-corrected chi connectivity index (χ2v) is 7.71. The number of hydrogen-bond donors (Lipinski definition) is 3. The van der Waals surface area contributed by atoms with Crippen LogP contribution in [0, 0.1) is 5.82 Å². The Morgan fingerprint density at radius 3 is 2.88 bits per heavy atom. The van der Waals surface area contributed by atoms with Crippen LogP contribution in [0.2, 0.25) is 0 Å². The first kappa shape index (κ1) is 20.6. The zero-order chi connectivity index (χ0) is 19.3. The standard InChI is InChI=1S/C18H27ClFN3O3/c1-18(2,3)26-17(25)22-12-7-8-23(11-12)15-6-4-5-14(20)16(15)21-10-13(24)9-19/h4-6,12-13,21,24H,7-11H2,1-3H3,(H,22,25). The number of anilines is 2. The zero-order valence-electron chi connectivity index (χ0n) is 15.4. The number of nitrogens with zero attached hydrogens (tertiary/aromatic N) is 1. The molecule has 1 aromatic carbocycles. The van der Waals surface area contributed by atoms with Crippen molar-refractivity contribution in [3.63, 3.8) is 0 Å². The second-order valence-electron chi connectivity index (χ2n) is 7.40. The molecule has 0 bridgehead atoms. The minimum absolute atomic E-state index is 0.0718. The monoisotopic (exact) mass is 387 g/mol. The first-order valence-corrected chi connectivity index (χ1v) is 9.24. The van der Waals surface area contributed by atoms with Crippen LogP contribution in [0.3, 0.4) is 0 Å². The van der Waals surface area contributed by atoms with Crippen molar-refractivity contribution in [1.29, 1.82) is 0 Å². The van der Waals surface area contributed by atoms with Crippen LogP contribution in [0.5, 0.6) is 0 Å². The van der Waals surface area contributed by atoms with Crippen molar-refractivity contribution in [2.45, 2.75) is 44.9 Å². The molecule has 0 radical (unpaired) electrons. The third-order valence-electron chi connectivity index (χ3n) is 3.93. The van der Waals surface area contributed by atoms with Gasteiger partial charge in [0.25, 0.3) is 0 Å². The van der Waals surface area contributed by atoms with Crippen LogP contribution in [0.15, 0.2) is 18.2 Å². The SMILES string of the molecule is CC(C)(C)OC(=O)NC1CCN(c2cccc(F)c2NCC(O)CCl)C1. The Morgan fingerprint density at radius 2 is 2.23 bits per heavy atom. The van der Waals surface area contributed by atoms with Crippen molar-refractivity contribution in [3.05, 3.63) is 24.0 Å². The van der Waals surface area contributed by atoms with Gasteiger partial charge in [-0.15, -0.1) is 11.6 Å². The lowest BCUT2D eigenvalue weighted by molar-refractivity contribution is 0.0509. The van der Waals surface area contributed by atoms with Crippen LogP contribution in [-0.2, 0) is 4.74 Å². The van der Waals surface area contributed by atoms with Crippen LogP contribution < -0.4 is 15.5 Å². The van der Waals surface area contributed by atoms with Gasteiger partial charge in [0.05, 0.1) is 29.4 Å². The lowest BCUT2D eigenvalue weighted by Crippen LogP contribution is -2.40. The Balaban J connectivity index is 2.01. The predicted octanol–water partition coefficient (Wildman–Crippen LogP) is 2.94. The first-order chi connectivity index (χ1) is 12.2. The van der Waals surface area contributed by atoms with E-state index in [4.69, 9.17) is 16.3 Å². The van der Waals surface area contributed by atoms with Crippen molar-refractivity contribution in [2.75, 3.05) is 35.7 Å². The van der Waals surface area contributed by atoms with Gasteiger partial charge in [-0.05, 0) is 39.3 Å². The number of alkyl carbamates (subject to hydrolysis) is 1. The van der Waals surface area contributed by atoms with Crippen LogP contribution in [0.1, 0.15) is 27.2 Å². The summed E-state index contributed by atoms with van der Waals surface area (Å²) in [5.74, 6) is -0.324. The fourth-order valence-corrected chi connectivity index (χ4v) is 2.91. The molecule has 26 heavy (non-hydrogen) atoms. The minimum atomic E-state index is -0.760. The molecule has 1 heterocycles. The van der Waals surface area contributed by atoms with Gasteiger partial charge in [-0.1, -0.05) is 6.07 Å². The Kier molecular flexibility index (Phi) is 6.94. The molecule has 0 aliphatic carbocycles. The fourth-order valence-electron chi connectivity index (χ4n) is 2.80. The number of hydrogen-bond acceptors (Lipinski definition) is 5. The third kappa shape index (κ3) is 5.92. The molecule has 2 atom stereocenters. The fraction of sp³-hybridized carbons (Fsp3) is 0.611. The molecule has 2 rings (SSSR count). The van der Waals surface area contributed by atoms with Gasteiger partial charge in [0.15, 0.2) is 0 Å². The van der Waals surface area contributed by atoms with Crippen LogP contribution in [0.4, 0.5) is 20.6 Å². The Hall–Kier alpha value is -1.73. The number of rotatable bonds is 6. The summed E-state index contributed by atoms with van der Waals surface area (Å²) in [6.45, 7) is 6.82. The van der Waals surface area contributed by atoms with Crippen molar-refractivity contribution >= 4 is 29.1 Å². The lowest BCUT2D eigenvalue weighted by Gasteiger charge is -2.24. The largest absolute Gasteiger partial charge is 0.444 e. The van der Waals surface area contributed by atoms with Crippen molar-refractivity contribution in [3.8, 4) is 0 Å². The second kappa shape index (κ2) is 8.77. The summed E-state index contributed by atoms with van der Waals surface area (Å²) in [4.78, 5) is 13.9. The van der Waals surface area contributed by atoms with Gasteiger partial charge >= 0.3 is 6.09 Å². The molecule has 0 aromatic heterocycles. The molecule has 8 heteroatoms. The molecule has 6 nitrogen and oxygen atoms in total. The number of amides is 1. The molecule has 3 N–H and O–H groups in total. The highest BCUT2D eigenvalue weighted by Crippen LogP contribution is 2.31. The molecular formula is C18H27ClFN3O3. The normalized spacial score (nSPS) is 18.5. The number of benzene rings is 1. The number of aliphatic hydroxyl groups excluding tert-OH is 1. The number of carbonyl (C=O) groups is 1.